The van der Waals surface area contributed by atoms with Gasteiger partial charge in [0, 0.05) is 18.7 Å². The second kappa shape index (κ2) is 7.84. The van der Waals surface area contributed by atoms with Crippen molar-refractivity contribution in [3.8, 4) is 0 Å². The molecule has 1 aromatic carbocycles. The molecule has 7 heteroatoms. The molecule has 0 amide bonds. The lowest BCUT2D eigenvalue weighted by molar-refractivity contribution is 0.114. The molecule has 0 aliphatic carbocycles. The number of halogens is 1. The third kappa shape index (κ3) is 5.35. The topological polar surface area (TPSA) is 75.6 Å². The first kappa shape index (κ1) is 18.0. The van der Waals surface area contributed by atoms with E-state index in [2.05, 4.69) is 4.72 Å². The molecule has 0 aromatic heterocycles. The van der Waals surface area contributed by atoms with E-state index in [4.69, 9.17) is 9.84 Å². The summed E-state index contributed by atoms with van der Waals surface area (Å²) in [5, 5.41) is 9.04. The van der Waals surface area contributed by atoms with Gasteiger partial charge in [-0.05, 0) is 30.5 Å². The molecular formula is C14H22FNO4S. The Bertz CT molecular complexity index is 573. The summed E-state index contributed by atoms with van der Waals surface area (Å²) in [4.78, 5) is -0.157. The van der Waals surface area contributed by atoms with Crippen LogP contribution in [0.4, 0.5) is 4.39 Å². The Labute approximate surface area is 125 Å². The first-order chi connectivity index (χ1) is 9.77. The van der Waals surface area contributed by atoms with E-state index in [9.17, 15) is 12.8 Å². The van der Waals surface area contributed by atoms with Crippen molar-refractivity contribution in [2.24, 2.45) is 5.92 Å². The predicted octanol–water partition coefficient (Wildman–Crippen LogP) is 1.58. The molecule has 0 aliphatic heterocycles. The van der Waals surface area contributed by atoms with Gasteiger partial charge in [0.25, 0.3) is 0 Å². The highest BCUT2D eigenvalue weighted by atomic mass is 32.2. The molecule has 120 valence electrons. The van der Waals surface area contributed by atoms with E-state index in [-0.39, 0.29) is 29.2 Å². The van der Waals surface area contributed by atoms with Gasteiger partial charge in [0.05, 0.1) is 18.1 Å². The Hall–Kier alpha value is -1.02. The van der Waals surface area contributed by atoms with E-state index in [0.717, 1.165) is 6.07 Å². The lowest BCUT2D eigenvalue weighted by atomic mass is 10.1. The average molecular weight is 319 g/mol. The largest absolute Gasteiger partial charge is 0.392 e. The molecule has 0 saturated heterocycles. The van der Waals surface area contributed by atoms with Crippen molar-refractivity contribution in [1.82, 2.24) is 4.72 Å². The normalized spacial score (nSPS) is 12.1. The third-order valence-electron chi connectivity index (χ3n) is 2.82. The molecule has 21 heavy (non-hydrogen) atoms. The van der Waals surface area contributed by atoms with Crippen molar-refractivity contribution in [2.45, 2.75) is 32.3 Å². The summed E-state index contributed by atoms with van der Waals surface area (Å²) in [5.41, 5.74) is 0.248. The molecule has 0 unspecified atom stereocenters. The van der Waals surface area contributed by atoms with E-state index in [0.29, 0.717) is 12.5 Å². The van der Waals surface area contributed by atoms with Crippen LogP contribution in [0.3, 0.4) is 0 Å². The van der Waals surface area contributed by atoms with Crippen LogP contribution in [-0.2, 0) is 21.4 Å². The van der Waals surface area contributed by atoms with Crippen molar-refractivity contribution >= 4 is 10.0 Å². The van der Waals surface area contributed by atoms with Crippen LogP contribution in [0.25, 0.3) is 0 Å². The quantitative estimate of drug-likeness (QED) is 0.713. The second-order valence-corrected chi connectivity index (χ2v) is 6.96. The van der Waals surface area contributed by atoms with Crippen LogP contribution in [0, 0.1) is 18.7 Å². The van der Waals surface area contributed by atoms with Crippen LogP contribution >= 0.6 is 0 Å². The maximum atomic E-state index is 13.7. The molecule has 0 saturated carbocycles. The Morgan fingerprint density at radius 2 is 2.05 bits per heavy atom. The summed E-state index contributed by atoms with van der Waals surface area (Å²) in [7, 11) is -3.83. The number of hydrogen-bond acceptors (Lipinski definition) is 4. The highest BCUT2D eigenvalue weighted by molar-refractivity contribution is 7.89. The van der Waals surface area contributed by atoms with E-state index >= 15 is 0 Å². The van der Waals surface area contributed by atoms with Gasteiger partial charge in [-0.1, -0.05) is 13.8 Å². The van der Waals surface area contributed by atoms with Crippen LogP contribution in [0.2, 0.25) is 0 Å². The number of rotatable bonds is 8. The van der Waals surface area contributed by atoms with Crippen LogP contribution in [0.15, 0.2) is 17.0 Å². The maximum Gasteiger partial charge on any atom is 0.241 e. The average Bonchev–Trinajstić information content (AvgIpc) is 2.40. The van der Waals surface area contributed by atoms with Crippen LogP contribution in [0.5, 0.6) is 0 Å². The highest BCUT2D eigenvalue weighted by Gasteiger charge is 2.19. The summed E-state index contributed by atoms with van der Waals surface area (Å²) in [6.07, 6.45) is 0. The molecule has 0 atom stereocenters. The lowest BCUT2D eigenvalue weighted by Gasteiger charge is -2.12. The zero-order valence-electron chi connectivity index (χ0n) is 12.5. The third-order valence-corrected chi connectivity index (χ3v) is 4.41. The smallest absolute Gasteiger partial charge is 0.241 e. The molecule has 0 heterocycles. The Kier molecular flexibility index (Phi) is 6.73. The number of aliphatic hydroxyl groups is 1. The standard InChI is InChI=1S/C14H22FNO4S/c1-10(2)9-20-5-4-16-21(18,19)14-7-12(8-17)6-13(15)11(14)3/h6-7,10,16-17H,4-5,8-9H2,1-3H3. The van der Waals surface area contributed by atoms with Crippen molar-refractivity contribution in [1.29, 1.82) is 0 Å². The molecule has 0 fully saturated rings. The van der Waals surface area contributed by atoms with Gasteiger partial charge in [0.1, 0.15) is 5.82 Å². The number of hydrogen-bond donors (Lipinski definition) is 2. The summed E-state index contributed by atoms with van der Waals surface area (Å²) in [5.74, 6) is -0.280. The first-order valence-corrected chi connectivity index (χ1v) is 8.23. The molecule has 0 radical (unpaired) electrons. The zero-order valence-corrected chi connectivity index (χ0v) is 13.3. The first-order valence-electron chi connectivity index (χ1n) is 6.75. The number of nitrogens with one attached hydrogen (secondary N) is 1. The Balaban J connectivity index is 2.76. The van der Waals surface area contributed by atoms with E-state index < -0.39 is 22.4 Å². The number of sulfonamides is 1. The predicted molar refractivity (Wildman–Crippen MR) is 77.9 cm³/mol. The maximum absolute atomic E-state index is 13.7. The molecule has 1 rings (SSSR count). The van der Waals surface area contributed by atoms with Crippen LogP contribution < -0.4 is 4.72 Å². The van der Waals surface area contributed by atoms with Gasteiger partial charge in [-0.25, -0.2) is 17.5 Å². The number of benzene rings is 1. The molecule has 0 spiro atoms. The van der Waals surface area contributed by atoms with Gasteiger partial charge in [0.2, 0.25) is 10.0 Å². The lowest BCUT2D eigenvalue weighted by Crippen LogP contribution is -2.28. The van der Waals surface area contributed by atoms with E-state index in [1.54, 1.807) is 0 Å². The van der Waals surface area contributed by atoms with Crippen molar-refractivity contribution in [3.63, 3.8) is 0 Å². The minimum absolute atomic E-state index is 0.0304. The minimum atomic E-state index is -3.83. The SMILES string of the molecule is Cc1c(F)cc(CO)cc1S(=O)(=O)NCCOCC(C)C. The molecular weight excluding hydrogens is 297 g/mol. The van der Waals surface area contributed by atoms with E-state index in [1.165, 1.54) is 13.0 Å². The fraction of sp³-hybridized carbons (Fsp3) is 0.571. The number of ether oxygens (including phenoxy) is 1. The monoisotopic (exact) mass is 319 g/mol. The molecule has 5 nitrogen and oxygen atoms in total. The fourth-order valence-corrected chi connectivity index (χ4v) is 3.04. The van der Waals surface area contributed by atoms with Gasteiger partial charge in [-0.2, -0.15) is 0 Å². The van der Waals surface area contributed by atoms with Crippen molar-refractivity contribution < 1.29 is 22.7 Å². The summed E-state index contributed by atoms with van der Waals surface area (Å²) in [6.45, 7) is 5.87. The zero-order chi connectivity index (χ0) is 16.0. The minimum Gasteiger partial charge on any atom is -0.392 e. The van der Waals surface area contributed by atoms with Gasteiger partial charge in [-0.15, -0.1) is 0 Å². The highest BCUT2D eigenvalue weighted by Crippen LogP contribution is 2.20. The summed E-state index contributed by atoms with van der Waals surface area (Å²) >= 11 is 0. The van der Waals surface area contributed by atoms with Gasteiger partial charge >= 0.3 is 0 Å². The van der Waals surface area contributed by atoms with Gasteiger partial charge in [0.15, 0.2) is 0 Å². The van der Waals surface area contributed by atoms with Gasteiger partial charge in [-0.3, -0.25) is 0 Å². The Morgan fingerprint density at radius 1 is 1.38 bits per heavy atom. The van der Waals surface area contributed by atoms with Crippen molar-refractivity contribution in [2.75, 3.05) is 19.8 Å². The van der Waals surface area contributed by atoms with E-state index in [1.807, 2.05) is 13.8 Å². The number of aliphatic hydroxyl groups excluding tert-OH is 1. The Morgan fingerprint density at radius 3 is 2.62 bits per heavy atom. The molecule has 0 bridgehead atoms. The molecule has 1 aromatic rings. The summed E-state index contributed by atoms with van der Waals surface area (Å²) < 4.78 is 45.6. The second-order valence-electron chi connectivity index (χ2n) is 5.23. The molecule has 0 aliphatic rings. The van der Waals surface area contributed by atoms with Crippen molar-refractivity contribution in [3.05, 3.63) is 29.1 Å². The van der Waals surface area contributed by atoms with Crippen LogP contribution in [-0.4, -0.2) is 33.3 Å². The summed E-state index contributed by atoms with van der Waals surface area (Å²) in [6, 6.07) is 2.40. The molecule has 2 N–H and O–H groups in total. The fourth-order valence-electron chi connectivity index (χ4n) is 1.72. The van der Waals surface area contributed by atoms with Crippen LogP contribution in [0.1, 0.15) is 25.0 Å². The van der Waals surface area contributed by atoms with Gasteiger partial charge < -0.3 is 9.84 Å².